The van der Waals surface area contributed by atoms with E-state index in [-0.39, 0.29) is 17.9 Å². The Morgan fingerprint density at radius 3 is 2.96 bits per heavy atom. The smallest absolute Gasteiger partial charge is 0.262 e. The summed E-state index contributed by atoms with van der Waals surface area (Å²) in [6, 6.07) is 3.11. The van der Waals surface area contributed by atoms with E-state index in [0.717, 1.165) is 36.1 Å². The van der Waals surface area contributed by atoms with Gasteiger partial charge in [-0.1, -0.05) is 6.08 Å². The van der Waals surface area contributed by atoms with Gasteiger partial charge in [-0.2, -0.15) is 0 Å². The van der Waals surface area contributed by atoms with Gasteiger partial charge >= 0.3 is 0 Å². The van der Waals surface area contributed by atoms with Crippen LogP contribution in [-0.2, 0) is 19.5 Å². The standard InChI is InChI=1S/C21H24FN3O2/c1-2-25-20(26)16(14-6-4-3-5-7-14)12-23-21(25)24-13-17-15-10-11-27-19(15)9-8-18(17)22/h6,8-9,12H,2-5,7,10-11,13H2,1H3,(H,23,24). The number of fused-ring (bicyclic) bond motifs is 1. The van der Waals surface area contributed by atoms with Crippen LogP contribution in [0.1, 0.15) is 49.3 Å². The summed E-state index contributed by atoms with van der Waals surface area (Å²) in [5.74, 6) is 0.952. The lowest BCUT2D eigenvalue weighted by Crippen LogP contribution is -2.27. The Labute approximate surface area is 157 Å². The van der Waals surface area contributed by atoms with Crippen molar-refractivity contribution in [1.29, 1.82) is 0 Å². The Hall–Kier alpha value is -2.63. The van der Waals surface area contributed by atoms with Gasteiger partial charge in [-0.15, -0.1) is 0 Å². The lowest BCUT2D eigenvalue weighted by molar-refractivity contribution is 0.356. The molecule has 0 amide bonds. The zero-order valence-corrected chi connectivity index (χ0v) is 15.6. The quantitative estimate of drug-likeness (QED) is 0.868. The molecule has 2 heterocycles. The van der Waals surface area contributed by atoms with Gasteiger partial charge in [0.05, 0.1) is 12.2 Å². The molecule has 1 aromatic heterocycles. The topological polar surface area (TPSA) is 56.1 Å². The number of allylic oxidation sites excluding steroid dienone is 2. The summed E-state index contributed by atoms with van der Waals surface area (Å²) in [5.41, 5.74) is 3.22. The van der Waals surface area contributed by atoms with Crippen LogP contribution < -0.4 is 15.6 Å². The molecular formula is C21H24FN3O2. The monoisotopic (exact) mass is 369 g/mol. The largest absolute Gasteiger partial charge is 0.493 e. The average molecular weight is 369 g/mol. The number of rotatable bonds is 5. The van der Waals surface area contributed by atoms with Crippen molar-refractivity contribution in [3.63, 3.8) is 0 Å². The summed E-state index contributed by atoms with van der Waals surface area (Å²) in [4.78, 5) is 17.4. The van der Waals surface area contributed by atoms with E-state index in [1.54, 1.807) is 16.8 Å². The van der Waals surface area contributed by atoms with Gasteiger partial charge in [-0.05, 0) is 50.3 Å². The molecular weight excluding hydrogens is 345 g/mol. The van der Waals surface area contributed by atoms with Crippen LogP contribution in [0.3, 0.4) is 0 Å². The number of nitrogens with zero attached hydrogens (tertiary/aromatic N) is 2. The minimum absolute atomic E-state index is 0.0368. The number of hydrogen-bond acceptors (Lipinski definition) is 4. The highest BCUT2D eigenvalue weighted by Crippen LogP contribution is 2.30. The van der Waals surface area contributed by atoms with E-state index in [9.17, 15) is 9.18 Å². The highest BCUT2D eigenvalue weighted by atomic mass is 19.1. The first kappa shape index (κ1) is 17.8. The van der Waals surface area contributed by atoms with E-state index < -0.39 is 0 Å². The maximum atomic E-state index is 14.3. The van der Waals surface area contributed by atoms with Crippen molar-refractivity contribution in [1.82, 2.24) is 9.55 Å². The third-order valence-corrected chi connectivity index (χ3v) is 5.36. The summed E-state index contributed by atoms with van der Waals surface area (Å²) in [6.45, 7) is 3.27. The van der Waals surface area contributed by atoms with Crippen molar-refractivity contribution in [3.05, 3.63) is 57.3 Å². The number of halogens is 1. The first-order valence-corrected chi connectivity index (χ1v) is 9.65. The lowest BCUT2D eigenvalue weighted by Gasteiger charge is -2.17. The van der Waals surface area contributed by atoms with Crippen molar-refractivity contribution in [2.24, 2.45) is 0 Å². The molecule has 0 radical (unpaired) electrons. The van der Waals surface area contributed by atoms with Crippen LogP contribution in [0.2, 0.25) is 0 Å². The van der Waals surface area contributed by atoms with Crippen LogP contribution >= 0.6 is 0 Å². The molecule has 4 rings (SSSR count). The van der Waals surface area contributed by atoms with Crippen molar-refractivity contribution in [2.45, 2.75) is 52.1 Å². The molecule has 0 saturated heterocycles. The molecule has 0 fully saturated rings. The second kappa shape index (κ2) is 7.55. The van der Waals surface area contributed by atoms with Gasteiger partial charge in [-0.25, -0.2) is 9.37 Å². The maximum Gasteiger partial charge on any atom is 0.262 e. The van der Waals surface area contributed by atoms with E-state index in [1.807, 2.05) is 6.92 Å². The fraction of sp³-hybridized carbons (Fsp3) is 0.429. The van der Waals surface area contributed by atoms with E-state index in [1.165, 1.54) is 12.5 Å². The Morgan fingerprint density at radius 2 is 2.19 bits per heavy atom. The van der Waals surface area contributed by atoms with Gasteiger partial charge in [0, 0.05) is 36.8 Å². The Balaban J connectivity index is 1.62. The van der Waals surface area contributed by atoms with Crippen molar-refractivity contribution in [3.8, 4) is 5.75 Å². The van der Waals surface area contributed by atoms with Gasteiger partial charge < -0.3 is 10.1 Å². The average Bonchev–Trinajstić information content (AvgIpc) is 3.17. The zero-order chi connectivity index (χ0) is 18.8. The second-order valence-electron chi connectivity index (χ2n) is 6.97. The van der Waals surface area contributed by atoms with Crippen molar-refractivity contribution < 1.29 is 9.13 Å². The fourth-order valence-electron chi connectivity index (χ4n) is 3.90. The molecule has 0 unspecified atom stereocenters. The van der Waals surface area contributed by atoms with Crippen molar-refractivity contribution in [2.75, 3.05) is 11.9 Å². The molecule has 1 aromatic carbocycles. The van der Waals surface area contributed by atoms with Gasteiger partial charge in [0.1, 0.15) is 11.6 Å². The van der Waals surface area contributed by atoms with Gasteiger partial charge in [0.2, 0.25) is 5.95 Å². The van der Waals surface area contributed by atoms with E-state index >= 15 is 0 Å². The molecule has 6 heteroatoms. The normalized spacial score (nSPS) is 15.9. The molecule has 1 N–H and O–H groups in total. The number of anilines is 1. The fourth-order valence-corrected chi connectivity index (χ4v) is 3.90. The first-order chi connectivity index (χ1) is 13.2. The molecule has 142 valence electrons. The molecule has 1 aliphatic carbocycles. The van der Waals surface area contributed by atoms with Crippen molar-refractivity contribution >= 4 is 11.5 Å². The molecule has 27 heavy (non-hydrogen) atoms. The predicted octanol–water partition coefficient (Wildman–Crippen LogP) is 3.91. The molecule has 5 nitrogen and oxygen atoms in total. The van der Waals surface area contributed by atoms with Gasteiger partial charge in [-0.3, -0.25) is 9.36 Å². The molecule has 0 bridgehead atoms. The molecule has 0 saturated carbocycles. The lowest BCUT2D eigenvalue weighted by atomic mass is 9.95. The summed E-state index contributed by atoms with van der Waals surface area (Å²) >= 11 is 0. The number of aromatic nitrogens is 2. The van der Waals surface area contributed by atoms with Crippen LogP contribution in [0.25, 0.3) is 5.57 Å². The third kappa shape index (κ3) is 3.36. The Kier molecular flexibility index (Phi) is 4.97. The predicted molar refractivity (Wildman–Crippen MR) is 104 cm³/mol. The minimum atomic E-state index is -0.263. The third-order valence-electron chi connectivity index (χ3n) is 5.36. The summed E-state index contributed by atoms with van der Waals surface area (Å²) in [6.07, 6.45) is 8.73. The van der Waals surface area contributed by atoms with Gasteiger partial charge in [0.15, 0.2) is 0 Å². The summed E-state index contributed by atoms with van der Waals surface area (Å²) in [5, 5.41) is 3.16. The van der Waals surface area contributed by atoms with E-state index in [4.69, 9.17) is 4.74 Å². The molecule has 0 spiro atoms. The number of ether oxygens (including phenoxy) is 1. The van der Waals surface area contributed by atoms with Crippen LogP contribution in [0.15, 0.2) is 29.2 Å². The van der Waals surface area contributed by atoms with E-state index in [2.05, 4.69) is 16.4 Å². The highest BCUT2D eigenvalue weighted by Gasteiger charge is 2.20. The Bertz CT molecular complexity index is 949. The first-order valence-electron chi connectivity index (χ1n) is 9.65. The molecule has 2 aliphatic rings. The van der Waals surface area contributed by atoms with Crippen LogP contribution in [0.5, 0.6) is 5.75 Å². The molecule has 0 atom stereocenters. The van der Waals surface area contributed by atoms with Crippen LogP contribution in [-0.4, -0.2) is 16.2 Å². The highest BCUT2D eigenvalue weighted by molar-refractivity contribution is 5.65. The molecule has 1 aliphatic heterocycles. The van der Waals surface area contributed by atoms with E-state index in [0.29, 0.717) is 36.6 Å². The SMILES string of the molecule is CCn1c(NCc2c(F)ccc3c2CCO3)ncc(C2=CCCCC2)c1=O. The van der Waals surface area contributed by atoms with Crippen LogP contribution in [0.4, 0.5) is 10.3 Å². The number of hydrogen-bond donors (Lipinski definition) is 1. The molecule has 2 aromatic rings. The summed E-state index contributed by atoms with van der Waals surface area (Å²) in [7, 11) is 0. The number of benzene rings is 1. The second-order valence-corrected chi connectivity index (χ2v) is 6.97. The maximum absolute atomic E-state index is 14.3. The zero-order valence-electron chi connectivity index (χ0n) is 15.6. The number of nitrogens with one attached hydrogen (secondary N) is 1. The Morgan fingerprint density at radius 1 is 1.30 bits per heavy atom. The van der Waals surface area contributed by atoms with Crippen LogP contribution in [0, 0.1) is 5.82 Å². The summed E-state index contributed by atoms with van der Waals surface area (Å²) < 4.78 is 21.5. The van der Waals surface area contributed by atoms with Gasteiger partial charge in [0.25, 0.3) is 5.56 Å². The minimum Gasteiger partial charge on any atom is -0.493 e.